The molecule has 3 N–H and O–H groups in total. The summed E-state index contributed by atoms with van der Waals surface area (Å²) in [6.07, 6.45) is 3.34. The molecule has 2 rings (SSSR count). The van der Waals surface area contributed by atoms with Gasteiger partial charge < -0.3 is 15.8 Å². The molecule has 0 radical (unpaired) electrons. The number of nitrogens with two attached hydrogens (primary N) is 1. The Labute approximate surface area is 127 Å². The predicted octanol–water partition coefficient (Wildman–Crippen LogP) is 1.55. The van der Waals surface area contributed by atoms with E-state index in [2.05, 4.69) is 10.4 Å². The number of nitrogens with one attached hydrogen (secondary N) is 1. The van der Waals surface area contributed by atoms with Crippen LogP contribution in [-0.4, -0.2) is 27.3 Å². The van der Waals surface area contributed by atoms with Gasteiger partial charge in [0.25, 0.3) is 5.91 Å². The molecule has 21 heavy (non-hydrogen) atoms. The van der Waals surface area contributed by atoms with E-state index in [0.29, 0.717) is 17.0 Å². The van der Waals surface area contributed by atoms with Crippen LogP contribution in [0.25, 0.3) is 0 Å². The van der Waals surface area contributed by atoms with Gasteiger partial charge in [-0.1, -0.05) is 24.4 Å². The molecule has 0 atom stereocenters. The van der Waals surface area contributed by atoms with Crippen LogP contribution in [0.3, 0.4) is 0 Å². The number of ether oxygens (including phenoxy) is 1. The standard InChI is InChI=1S/C14H16N4O2S/c1-2-18-8-10(7-16-18)17-13(19)9-20-12-6-4-3-5-11(12)14(15)21/h3-8H,2,9H2,1H3,(H2,15,21)(H,17,19). The molecule has 0 aliphatic heterocycles. The van der Waals surface area contributed by atoms with Crippen molar-refractivity contribution in [1.29, 1.82) is 0 Å². The molecule has 1 amide bonds. The molecule has 0 aliphatic rings. The van der Waals surface area contributed by atoms with Crippen molar-refractivity contribution in [2.45, 2.75) is 13.5 Å². The third-order valence-corrected chi connectivity index (χ3v) is 2.97. The van der Waals surface area contributed by atoms with Crippen molar-refractivity contribution in [3.63, 3.8) is 0 Å². The smallest absolute Gasteiger partial charge is 0.262 e. The van der Waals surface area contributed by atoms with Crippen molar-refractivity contribution in [1.82, 2.24) is 9.78 Å². The van der Waals surface area contributed by atoms with Gasteiger partial charge in [-0.15, -0.1) is 0 Å². The van der Waals surface area contributed by atoms with Gasteiger partial charge in [0.2, 0.25) is 0 Å². The first kappa shape index (κ1) is 15.0. The molecule has 0 saturated heterocycles. The Hall–Kier alpha value is -2.41. The summed E-state index contributed by atoms with van der Waals surface area (Å²) in [5.74, 6) is 0.216. The molecule has 0 unspecified atom stereocenters. The number of hydrogen-bond acceptors (Lipinski definition) is 4. The molecular weight excluding hydrogens is 288 g/mol. The molecule has 1 heterocycles. The minimum atomic E-state index is -0.275. The van der Waals surface area contributed by atoms with Gasteiger partial charge in [-0.25, -0.2) is 0 Å². The fourth-order valence-electron chi connectivity index (χ4n) is 1.74. The summed E-state index contributed by atoms with van der Waals surface area (Å²) < 4.78 is 7.18. The van der Waals surface area contributed by atoms with Crippen LogP contribution in [0, 0.1) is 0 Å². The van der Waals surface area contributed by atoms with Gasteiger partial charge in [0.05, 0.1) is 17.4 Å². The van der Waals surface area contributed by atoms with Crippen LogP contribution in [-0.2, 0) is 11.3 Å². The number of rotatable bonds is 6. The van der Waals surface area contributed by atoms with Gasteiger partial charge in [0, 0.05) is 12.7 Å². The number of amides is 1. The monoisotopic (exact) mass is 304 g/mol. The van der Waals surface area contributed by atoms with Gasteiger partial charge in [0.1, 0.15) is 10.7 Å². The quantitative estimate of drug-likeness (QED) is 0.791. The van der Waals surface area contributed by atoms with Crippen molar-refractivity contribution in [3.8, 4) is 5.75 Å². The molecule has 1 aromatic carbocycles. The lowest BCUT2D eigenvalue weighted by Gasteiger charge is -2.10. The van der Waals surface area contributed by atoms with E-state index in [4.69, 9.17) is 22.7 Å². The van der Waals surface area contributed by atoms with Crippen LogP contribution in [0.4, 0.5) is 5.69 Å². The maximum Gasteiger partial charge on any atom is 0.262 e. The predicted molar refractivity (Wildman–Crippen MR) is 84.4 cm³/mol. The molecule has 2 aromatic rings. The molecule has 0 saturated carbocycles. The summed E-state index contributed by atoms with van der Waals surface area (Å²) in [6.45, 7) is 2.58. The van der Waals surface area contributed by atoms with E-state index in [-0.39, 0.29) is 17.5 Å². The van der Waals surface area contributed by atoms with E-state index >= 15 is 0 Å². The zero-order chi connectivity index (χ0) is 15.2. The van der Waals surface area contributed by atoms with Gasteiger partial charge in [-0.3, -0.25) is 9.48 Å². The van der Waals surface area contributed by atoms with Crippen molar-refractivity contribution in [2.24, 2.45) is 5.73 Å². The highest BCUT2D eigenvalue weighted by atomic mass is 32.1. The van der Waals surface area contributed by atoms with Gasteiger partial charge >= 0.3 is 0 Å². The topological polar surface area (TPSA) is 82.2 Å². The van der Waals surface area contributed by atoms with E-state index in [1.807, 2.05) is 6.92 Å². The summed E-state index contributed by atoms with van der Waals surface area (Å²) in [6, 6.07) is 7.07. The first-order valence-corrected chi connectivity index (χ1v) is 6.85. The van der Waals surface area contributed by atoms with Crippen LogP contribution < -0.4 is 15.8 Å². The number of aromatic nitrogens is 2. The molecular formula is C14H16N4O2S. The normalized spacial score (nSPS) is 10.1. The molecule has 0 aliphatic carbocycles. The fraction of sp³-hybridized carbons (Fsp3) is 0.214. The first-order chi connectivity index (χ1) is 10.1. The van der Waals surface area contributed by atoms with E-state index in [0.717, 1.165) is 6.54 Å². The van der Waals surface area contributed by atoms with Gasteiger partial charge in [-0.05, 0) is 19.1 Å². The largest absolute Gasteiger partial charge is 0.483 e. The second-order valence-electron chi connectivity index (χ2n) is 4.28. The van der Waals surface area contributed by atoms with Gasteiger partial charge in [0.15, 0.2) is 6.61 Å². The van der Waals surface area contributed by atoms with Crippen LogP contribution >= 0.6 is 12.2 Å². The maximum absolute atomic E-state index is 11.8. The average molecular weight is 304 g/mol. The van der Waals surface area contributed by atoms with Crippen molar-refractivity contribution in [2.75, 3.05) is 11.9 Å². The minimum absolute atomic E-state index is 0.128. The number of para-hydroxylation sites is 1. The number of benzene rings is 1. The number of anilines is 1. The van der Waals surface area contributed by atoms with Crippen LogP contribution in [0.15, 0.2) is 36.7 Å². The Morgan fingerprint density at radius 1 is 1.48 bits per heavy atom. The number of thiocarbonyl (C=S) groups is 1. The molecule has 7 heteroatoms. The third-order valence-electron chi connectivity index (χ3n) is 2.75. The molecule has 0 spiro atoms. The second-order valence-corrected chi connectivity index (χ2v) is 4.72. The lowest BCUT2D eigenvalue weighted by Crippen LogP contribution is -2.21. The Bertz CT molecular complexity index is 654. The highest BCUT2D eigenvalue weighted by Gasteiger charge is 2.09. The zero-order valence-electron chi connectivity index (χ0n) is 11.6. The molecule has 6 nitrogen and oxygen atoms in total. The summed E-state index contributed by atoms with van der Waals surface area (Å²) in [5, 5.41) is 6.78. The third kappa shape index (κ3) is 4.03. The Morgan fingerprint density at radius 2 is 2.24 bits per heavy atom. The molecule has 0 bridgehead atoms. The number of hydrogen-bond donors (Lipinski definition) is 2. The highest BCUT2D eigenvalue weighted by molar-refractivity contribution is 7.80. The van der Waals surface area contributed by atoms with E-state index in [1.54, 1.807) is 41.3 Å². The van der Waals surface area contributed by atoms with Crippen molar-refractivity contribution < 1.29 is 9.53 Å². The zero-order valence-corrected chi connectivity index (χ0v) is 12.4. The van der Waals surface area contributed by atoms with Gasteiger partial charge in [-0.2, -0.15) is 5.10 Å². The SMILES string of the molecule is CCn1cc(NC(=O)COc2ccccc2C(N)=S)cn1. The summed E-state index contributed by atoms with van der Waals surface area (Å²) in [7, 11) is 0. The minimum Gasteiger partial charge on any atom is -0.483 e. The lowest BCUT2D eigenvalue weighted by molar-refractivity contribution is -0.118. The van der Waals surface area contributed by atoms with Crippen LogP contribution in [0.5, 0.6) is 5.75 Å². The number of nitrogens with zero attached hydrogens (tertiary/aromatic N) is 2. The summed E-state index contributed by atoms with van der Waals surface area (Å²) in [4.78, 5) is 12.1. The summed E-state index contributed by atoms with van der Waals surface area (Å²) >= 11 is 4.94. The van der Waals surface area contributed by atoms with Crippen LogP contribution in [0.1, 0.15) is 12.5 Å². The lowest BCUT2D eigenvalue weighted by atomic mass is 10.2. The Kier molecular flexibility index (Phi) is 4.89. The molecule has 1 aromatic heterocycles. The molecule has 0 fully saturated rings. The second kappa shape index (κ2) is 6.85. The number of aryl methyl sites for hydroxylation is 1. The average Bonchev–Trinajstić information content (AvgIpc) is 2.93. The summed E-state index contributed by atoms with van der Waals surface area (Å²) in [5.41, 5.74) is 6.85. The van der Waals surface area contributed by atoms with E-state index < -0.39 is 0 Å². The van der Waals surface area contributed by atoms with Crippen LogP contribution in [0.2, 0.25) is 0 Å². The molecule has 110 valence electrons. The van der Waals surface area contributed by atoms with E-state index in [1.165, 1.54) is 0 Å². The van der Waals surface area contributed by atoms with Crippen molar-refractivity contribution >= 4 is 28.8 Å². The number of carbonyl (C=O) groups excluding carboxylic acids is 1. The maximum atomic E-state index is 11.8. The first-order valence-electron chi connectivity index (χ1n) is 6.44. The Morgan fingerprint density at radius 3 is 2.90 bits per heavy atom. The fourth-order valence-corrected chi connectivity index (χ4v) is 1.91. The number of carbonyl (C=O) groups is 1. The van der Waals surface area contributed by atoms with E-state index in [9.17, 15) is 4.79 Å². The Balaban J connectivity index is 1.94. The van der Waals surface area contributed by atoms with Crippen molar-refractivity contribution in [3.05, 3.63) is 42.2 Å². The highest BCUT2D eigenvalue weighted by Crippen LogP contribution is 2.17.